The van der Waals surface area contributed by atoms with Crippen LogP contribution in [0.5, 0.6) is 11.5 Å². The monoisotopic (exact) mass is 456 g/mol. The number of hydrogen-bond acceptors (Lipinski definition) is 6. The van der Waals surface area contributed by atoms with E-state index in [-0.39, 0.29) is 29.9 Å². The Bertz CT molecular complexity index is 1350. The Kier molecular flexibility index (Phi) is 5.01. The van der Waals surface area contributed by atoms with Gasteiger partial charge in [-0.25, -0.2) is 13.8 Å². The number of ether oxygens (including phenoxy) is 2. The summed E-state index contributed by atoms with van der Waals surface area (Å²) in [6, 6.07) is 8.85. The van der Waals surface area contributed by atoms with Gasteiger partial charge in [0, 0.05) is 23.9 Å². The molecule has 0 aliphatic carbocycles. The highest BCUT2D eigenvalue weighted by atomic mass is 32.1. The lowest BCUT2D eigenvalue weighted by Gasteiger charge is -2.20. The number of amides is 1. The number of fused-ring (bicyclic) bond motifs is 2. The summed E-state index contributed by atoms with van der Waals surface area (Å²) >= 11 is 1.06. The molecule has 2 aromatic heterocycles. The molecule has 0 radical (unpaired) electrons. The molecule has 2 aromatic carbocycles. The number of aryl methyl sites for hydroxylation is 2. The van der Waals surface area contributed by atoms with Crippen LogP contribution in [0.25, 0.3) is 10.2 Å². The van der Waals surface area contributed by atoms with Crippen LogP contribution in [0.1, 0.15) is 21.7 Å². The Morgan fingerprint density at radius 1 is 1.16 bits per heavy atom. The van der Waals surface area contributed by atoms with Crippen molar-refractivity contribution in [1.82, 2.24) is 14.8 Å². The Morgan fingerprint density at radius 2 is 1.97 bits per heavy atom. The molecule has 32 heavy (non-hydrogen) atoms. The molecule has 1 aliphatic rings. The molecular weight excluding hydrogens is 438 g/mol. The first kappa shape index (κ1) is 20.4. The predicted octanol–water partition coefficient (Wildman–Crippen LogP) is 4.46. The van der Waals surface area contributed by atoms with Crippen molar-refractivity contribution in [3.05, 3.63) is 65.0 Å². The van der Waals surface area contributed by atoms with Gasteiger partial charge >= 0.3 is 0 Å². The van der Waals surface area contributed by atoms with Gasteiger partial charge in [-0.1, -0.05) is 11.3 Å². The number of carbonyl (C=O) groups is 1. The fraction of sp³-hybridized carbons (Fsp3) is 0.227. The summed E-state index contributed by atoms with van der Waals surface area (Å²) < 4.78 is 40.8. The Hall–Kier alpha value is -3.53. The molecule has 0 N–H and O–H groups in total. The largest absolute Gasteiger partial charge is 0.454 e. The first-order chi connectivity index (χ1) is 15.4. The van der Waals surface area contributed by atoms with E-state index in [1.165, 1.54) is 11.0 Å². The number of anilines is 1. The van der Waals surface area contributed by atoms with Crippen molar-refractivity contribution in [1.29, 1.82) is 0 Å². The number of nitrogens with zero attached hydrogens (tertiary/aromatic N) is 4. The van der Waals surface area contributed by atoms with Gasteiger partial charge in [0.15, 0.2) is 22.4 Å². The van der Waals surface area contributed by atoms with Crippen molar-refractivity contribution in [3.8, 4) is 11.5 Å². The molecule has 3 heterocycles. The van der Waals surface area contributed by atoms with Gasteiger partial charge in [-0.15, -0.1) is 0 Å². The summed E-state index contributed by atoms with van der Waals surface area (Å²) in [5, 5.41) is 4.71. The van der Waals surface area contributed by atoms with E-state index < -0.39 is 11.6 Å². The highest BCUT2D eigenvalue weighted by molar-refractivity contribution is 7.22. The maximum Gasteiger partial charge on any atom is 0.260 e. The second-order valence-corrected chi connectivity index (χ2v) is 8.41. The van der Waals surface area contributed by atoms with Gasteiger partial charge < -0.3 is 9.47 Å². The van der Waals surface area contributed by atoms with E-state index in [4.69, 9.17) is 9.47 Å². The smallest absolute Gasteiger partial charge is 0.260 e. The van der Waals surface area contributed by atoms with Crippen LogP contribution in [0.3, 0.4) is 0 Å². The number of carbonyl (C=O) groups excluding carboxylic acids is 1. The van der Waals surface area contributed by atoms with Gasteiger partial charge in [-0.2, -0.15) is 5.10 Å². The van der Waals surface area contributed by atoms with Crippen LogP contribution >= 0.6 is 11.3 Å². The van der Waals surface area contributed by atoms with Gasteiger partial charge in [0.2, 0.25) is 6.79 Å². The minimum Gasteiger partial charge on any atom is -0.454 e. The van der Waals surface area contributed by atoms with Crippen molar-refractivity contribution >= 4 is 32.6 Å². The summed E-state index contributed by atoms with van der Waals surface area (Å²) in [5.74, 6) is -0.761. The minimum atomic E-state index is -0.767. The molecule has 10 heteroatoms. The zero-order chi connectivity index (χ0) is 22.4. The maximum atomic E-state index is 14.3. The van der Waals surface area contributed by atoms with Crippen LogP contribution in [0, 0.1) is 25.5 Å². The summed E-state index contributed by atoms with van der Waals surface area (Å²) in [4.78, 5) is 19.2. The van der Waals surface area contributed by atoms with E-state index in [9.17, 15) is 13.6 Å². The molecule has 164 valence electrons. The molecule has 0 saturated carbocycles. The van der Waals surface area contributed by atoms with Crippen LogP contribution in [-0.2, 0) is 6.54 Å². The van der Waals surface area contributed by atoms with Crippen LogP contribution in [0.4, 0.5) is 13.9 Å². The third kappa shape index (κ3) is 3.66. The van der Waals surface area contributed by atoms with Crippen molar-refractivity contribution in [2.45, 2.75) is 20.4 Å². The van der Waals surface area contributed by atoms with Crippen LogP contribution in [0.2, 0.25) is 0 Å². The van der Waals surface area contributed by atoms with Gasteiger partial charge in [0.25, 0.3) is 5.91 Å². The second kappa shape index (κ2) is 7.86. The summed E-state index contributed by atoms with van der Waals surface area (Å²) in [5.41, 5.74) is 2.22. The lowest BCUT2D eigenvalue weighted by Crippen LogP contribution is -2.34. The summed E-state index contributed by atoms with van der Waals surface area (Å²) in [6.45, 7) is 4.56. The second-order valence-electron chi connectivity index (χ2n) is 7.41. The van der Waals surface area contributed by atoms with Crippen molar-refractivity contribution in [2.24, 2.45) is 0 Å². The van der Waals surface area contributed by atoms with Gasteiger partial charge in [-0.05, 0) is 44.2 Å². The van der Waals surface area contributed by atoms with Crippen molar-refractivity contribution in [3.63, 3.8) is 0 Å². The number of halogens is 2. The van der Waals surface area contributed by atoms with Gasteiger partial charge in [0.1, 0.15) is 11.3 Å². The normalized spacial score (nSPS) is 12.5. The zero-order valence-electron chi connectivity index (χ0n) is 17.3. The van der Waals surface area contributed by atoms with E-state index in [0.717, 1.165) is 28.8 Å². The Balaban J connectivity index is 1.53. The lowest BCUT2D eigenvalue weighted by atomic mass is 10.2. The van der Waals surface area contributed by atoms with Crippen molar-refractivity contribution in [2.75, 3.05) is 18.2 Å². The van der Waals surface area contributed by atoms with Crippen LogP contribution < -0.4 is 14.4 Å². The topological polar surface area (TPSA) is 69.5 Å². The van der Waals surface area contributed by atoms with E-state index in [2.05, 4.69) is 10.1 Å². The average Bonchev–Trinajstić information content (AvgIpc) is 3.46. The molecule has 1 aliphatic heterocycles. The molecule has 5 rings (SSSR count). The number of thiazole rings is 1. The number of aromatic nitrogens is 3. The first-order valence-corrected chi connectivity index (χ1v) is 10.7. The van der Waals surface area contributed by atoms with E-state index in [0.29, 0.717) is 28.3 Å². The third-order valence-corrected chi connectivity index (χ3v) is 6.16. The van der Waals surface area contributed by atoms with Crippen LogP contribution in [0.15, 0.2) is 36.4 Å². The minimum absolute atomic E-state index is 0.0287. The molecule has 0 spiro atoms. The quantitative estimate of drug-likeness (QED) is 0.443. The van der Waals surface area contributed by atoms with Gasteiger partial charge in [0.05, 0.1) is 16.9 Å². The standard InChI is InChI=1S/C22H18F2N4O3S/c1-12-7-13(2)28(26-12)6-5-27(21(29)14-3-4-17-18(8-14)31-11-30-17)22-25-20-16(24)9-15(23)10-19(20)32-22/h3-4,7-10H,5-6,11H2,1-2H3. The summed E-state index contributed by atoms with van der Waals surface area (Å²) in [7, 11) is 0. The number of benzene rings is 2. The molecule has 0 unspecified atom stereocenters. The maximum absolute atomic E-state index is 14.3. The van der Waals surface area contributed by atoms with E-state index in [1.54, 1.807) is 22.9 Å². The Labute approximate surface area is 185 Å². The summed E-state index contributed by atoms with van der Waals surface area (Å²) in [6.07, 6.45) is 0. The number of rotatable bonds is 5. The fourth-order valence-electron chi connectivity index (χ4n) is 3.63. The molecule has 0 fully saturated rings. The number of hydrogen-bond donors (Lipinski definition) is 0. The Morgan fingerprint density at radius 3 is 2.75 bits per heavy atom. The molecule has 1 amide bonds. The molecular formula is C22H18F2N4O3S. The average molecular weight is 456 g/mol. The zero-order valence-corrected chi connectivity index (χ0v) is 18.1. The lowest BCUT2D eigenvalue weighted by molar-refractivity contribution is 0.0985. The van der Waals surface area contributed by atoms with E-state index in [1.807, 2.05) is 19.9 Å². The van der Waals surface area contributed by atoms with Gasteiger partial charge in [-0.3, -0.25) is 14.4 Å². The highest BCUT2D eigenvalue weighted by Gasteiger charge is 2.25. The van der Waals surface area contributed by atoms with Crippen LogP contribution in [-0.4, -0.2) is 34.0 Å². The predicted molar refractivity (Wildman–Crippen MR) is 115 cm³/mol. The van der Waals surface area contributed by atoms with Crippen molar-refractivity contribution < 1.29 is 23.0 Å². The molecule has 0 atom stereocenters. The third-order valence-electron chi connectivity index (χ3n) is 5.14. The molecule has 0 bridgehead atoms. The SMILES string of the molecule is Cc1cc(C)n(CCN(C(=O)c2ccc3c(c2)OCO3)c2nc3c(F)cc(F)cc3s2)n1. The van der Waals surface area contributed by atoms with E-state index >= 15 is 0 Å². The first-order valence-electron chi connectivity index (χ1n) is 9.87. The molecule has 0 saturated heterocycles. The highest BCUT2D eigenvalue weighted by Crippen LogP contribution is 2.35. The molecule has 7 nitrogen and oxygen atoms in total. The molecule has 4 aromatic rings. The fourth-order valence-corrected chi connectivity index (χ4v) is 4.66.